The minimum absolute atomic E-state index is 0.0521. The van der Waals surface area contributed by atoms with Crippen LogP contribution in [0, 0.1) is 9.39 Å². The fourth-order valence-electron chi connectivity index (χ4n) is 1.52. The van der Waals surface area contributed by atoms with Crippen LogP contribution in [-0.2, 0) is 13.5 Å². The first-order valence-corrected chi connectivity index (χ1v) is 6.10. The van der Waals surface area contributed by atoms with Gasteiger partial charge in [-0.05, 0) is 40.8 Å². The first kappa shape index (κ1) is 12.2. The Morgan fingerprint density at radius 2 is 2.29 bits per heavy atom. The van der Waals surface area contributed by atoms with Gasteiger partial charge in [0.05, 0.1) is 6.42 Å². The molecule has 5 heteroatoms. The zero-order valence-electron chi connectivity index (χ0n) is 9.15. The van der Waals surface area contributed by atoms with Crippen LogP contribution >= 0.6 is 22.6 Å². The normalized spacial score (nSPS) is 10.5. The second-order valence-electron chi connectivity index (χ2n) is 3.68. The molecule has 88 valence electrons. The van der Waals surface area contributed by atoms with Crippen LogP contribution in [0.4, 0.5) is 4.39 Å². The highest BCUT2D eigenvalue weighted by Crippen LogP contribution is 2.16. The van der Waals surface area contributed by atoms with E-state index in [4.69, 9.17) is 0 Å². The van der Waals surface area contributed by atoms with Crippen LogP contribution in [0.1, 0.15) is 16.2 Å². The van der Waals surface area contributed by atoms with Crippen LogP contribution in [0.5, 0.6) is 0 Å². The second kappa shape index (κ2) is 4.95. The summed E-state index contributed by atoms with van der Waals surface area (Å²) in [6, 6.07) is 4.17. The Labute approximate surface area is 112 Å². The molecule has 0 aliphatic heterocycles. The predicted octanol–water partition coefficient (Wildman–Crippen LogP) is 2.59. The van der Waals surface area contributed by atoms with E-state index in [9.17, 15) is 9.18 Å². The fraction of sp³-hybridized carbons (Fsp3) is 0.167. The highest BCUT2D eigenvalue weighted by molar-refractivity contribution is 14.1. The lowest BCUT2D eigenvalue weighted by atomic mass is 10.1. The van der Waals surface area contributed by atoms with Crippen LogP contribution in [0.25, 0.3) is 0 Å². The van der Waals surface area contributed by atoms with E-state index in [0.29, 0.717) is 15.0 Å². The summed E-state index contributed by atoms with van der Waals surface area (Å²) in [6.45, 7) is 0. The molecule has 0 fully saturated rings. The molecule has 0 N–H and O–H groups in total. The Bertz CT molecular complexity index is 565. The Hall–Kier alpha value is -1.24. The highest BCUT2D eigenvalue weighted by Gasteiger charge is 2.13. The summed E-state index contributed by atoms with van der Waals surface area (Å²) in [5.74, 6) is 0.321. The summed E-state index contributed by atoms with van der Waals surface area (Å²) in [5, 5.41) is 0. The van der Waals surface area contributed by atoms with Gasteiger partial charge in [-0.1, -0.05) is 0 Å². The minimum Gasteiger partial charge on any atom is -0.338 e. The molecule has 0 aliphatic carbocycles. The first-order valence-electron chi connectivity index (χ1n) is 5.02. The van der Waals surface area contributed by atoms with Crippen molar-refractivity contribution in [3.63, 3.8) is 0 Å². The third-order valence-corrected chi connectivity index (χ3v) is 3.36. The van der Waals surface area contributed by atoms with E-state index in [2.05, 4.69) is 4.98 Å². The standard InChI is InChI=1S/C12H10FIN2O/c1-16-5-4-15-12(16)7-11(17)9-3-2-8(13)6-10(9)14/h2-6H,7H2,1H3. The molecule has 0 amide bonds. The number of halogens is 2. The van der Waals surface area contributed by atoms with Gasteiger partial charge in [-0.3, -0.25) is 4.79 Å². The molecule has 1 aromatic carbocycles. The minimum atomic E-state index is -0.331. The van der Waals surface area contributed by atoms with Gasteiger partial charge in [0, 0.05) is 28.6 Å². The number of Topliss-reactive ketones (excluding diaryl/α,β-unsaturated/α-hetero) is 1. The molecule has 0 radical (unpaired) electrons. The topological polar surface area (TPSA) is 34.9 Å². The largest absolute Gasteiger partial charge is 0.338 e. The number of aryl methyl sites for hydroxylation is 1. The molecule has 0 saturated heterocycles. The summed E-state index contributed by atoms with van der Waals surface area (Å²) < 4.78 is 15.3. The smallest absolute Gasteiger partial charge is 0.171 e. The molecule has 1 aromatic heterocycles. The summed E-state index contributed by atoms with van der Waals surface area (Å²) in [6.07, 6.45) is 3.67. The van der Waals surface area contributed by atoms with Gasteiger partial charge in [-0.25, -0.2) is 9.37 Å². The molecule has 3 nitrogen and oxygen atoms in total. The monoisotopic (exact) mass is 344 g/mol. The van der Waals surface area contributed by atoms with E-state index in [1.807, 2.05) is 29.6 Å². The SMILES string of the molecule is Cn1ccnc1CC(=O)c1ccc(F)cc1I. The zero-order valence-corrected chi connectivity index (χ0v) is 11.3. The number of rotatable bonds is 3. The predicted molar refractivity (Wildman–Crippen MR) is 70.4 cm³/mol. The van der Waals surface area contributed by atoms with Crippen LogP contribution in [0.3, 0.4) is 0 Å². The Morgan fingerprint density at radius 3 is 2.88 bits per heavy atom. The van der Waals surface area contributed by atoms with Gasteiger partial charge in [-0.15, -0.1) is 0 Å². The number of carbonyl (C=O) groups is 1. The number of imidazole rings is 1. The Balaban J connectivity index is 2.23. The van der Waals surface area contributed by atoms with Crippen molar-refractivity contribution in [1.82, 2.24) is 9.55 Å². The van der Waals surface area contributed by atoms with Crippen molar-refractivity contribution in [3.8, 4) is 0 Å². The Kier molecular flexibility index (Phi) is 3.56. The second-order valence-corrected chi connectivity index (χ2v) is 4.84. The van der Waals surface area contributed by atoms with Crippen molar-refractivity contribution in [2.45, 2.75) is 6.42 Å². The third kappa shape index (κ3) is 2.71. The van der Waals surface area contributed by atoms with Gasteiger partial charge < -0.3 is 4.57 Å². The maximum atomic E-state index is 12.9. The Morgan fingerprint density at radius 1 is 1.53 bits per heavy atom. The molecule has 0 spiro atoms. The number of aromatic nitrogens is 2. The van der Waals surface area contributed by atoms with Crippen molar-refractivity contribution in [2.24, 2.45) is 7.05 Å². The lowest BCUT2D eigenvalue weighted by Crippen LogP contribution is -2.09. The van der Waals surface area contributed by atoms with Crippen LogP contribution in [-0.4, -0.2) is 15.3 Å². The molecular formula is C12H10FIN2O. The molecule has 17 heavy (non-hydrogen) atoms. The van der Waals surface area contributed by atoms with Gasteiger partial charge in [0.25, 0.3) is 0 Å². The lowest BCUT2D eigenvalue weighted by Gasteiger charge is -2.04. The summed E-state index contributed by atoms with van der Waals surface area (Å²) >= 11 is 1.96. The van der Waals surface area contributed by atoms with Gasteiger partial charge in [0.2, 0.25) is 0 Å². The summed E-state index contributed by atoms with van der Waals surface area (Å²) in [4.78, 5) is 16.1. The number of benzene rings is 1. The van der Waals surface area contributed by atoms with E-state index in [1.165, 1.54) is 18.2 Å². The van der Waals surface area contributed by atoms with Gasteiger partial charge in [0.15, 0.2) is 5.78 Å². The maximum absolute atomic E-state index is 12.9. The molecule has 0 bridgehead atoms. The fourth-order valence-corrected chi connectivity index (χ4v) is 2.30. The summed E-state index contributed by atoms with van der Waals surface area (Å²) in [7, 11) is 1.84. The average Bonchev–Trinajstić information content (AvgIpc) is 2.64. The van der Waals surface area contributed by atoms with E-state index in [0.717, 1.165) is 0 Å². The molecule has 2 aromatic rings. The molecule has 2 rings (SSSR count). The van der Waals surface area contributed by atoms with Gasteiger partial charge in [-0.2, -0.15) is 0 Å². The van der Waals surface area contributed by atoms with Gasteiger partial charge in [0.1, 0.15) is 11.6 Å². The zero-order chi connectivity index (χ0) is 12.4. The van der Waals surface area contributed by atoms with E-state index >= 15 is 0 Å². The van der Waals surface area contributed by atoms with Crippen LogP contribution < -0.4 is 0 Å². The van der Waals surface area contributed by atoms with Crippen LogP contribution in [0.2, 0.25) is 0 Å². The molecule has 0 unspecified atom stereocenters. The lowest BCUT2D eigenvalue weighted by molar-refractivity contribution is 0.0989. The van der Waals surface area contributed by atoms with E-state index < -0.39 is 0 Å². The quantitative estimate of drug-likeness (QED) is 0.634. The first-order chi connectivity index (χ1) is 8.08. The molecule has 0 aliphatic rings. The number of carbonyl (C=O) groups excluding carboxylic acids is 1. The van der Waals surface area contributed by atoms with Crippen molar-refractivity contribution >= 4 is 28.4 Å². The van der Waals surface area contributed by atoms with Crippen molar-refractivity contribution in [2.75, 3.05) is 0 Å². The summed E-state index contributed by atoms with van der Waals surface area (Å²) in [5.41, 5.74) is 0.537. The molecule has 0 atom stereocenters. The van der Waals surface area contributed by atoms with E-state index in [-0.39, 0.29) is 18.0 Å². The number of nitrogens with zero attached hydrogens (tertiary/aromatic N) is 2. The van der Waals surface area contributed by atoms with Crippen molar-refractivity contribution in [1.29, 1.82) is 0 Å². The number of ketones is 1. The van der Waals surface area contributed by atoms with Gasteiger partial charge >= 0.3 is 0 Å². The molecule has 1 heterocycles. The molecule has 0 saturated carbocycles. The van der Waals surface area contributed by atoms with Crippen molar-refractivity contribution in [3.05, 3.63) is 51.4 Å². The third-order valence-electron chi connectivity index (χ3n) is 2.47. The van der Waals surface area contributed by atoms with Crippen LogP contribution in [0.15, 0.2) is 30.6 Å². The van der Waals surface area contributed by atoms with E-state index in [1.54, 1.807) is 17.0 Å². The molecular weight excluding hydrogens is 334 g/mol. The maximum Gasteiger partial charge on any atom is 0.171 e. The highest BCUT2D eigenvalue weighted by atomic mass is 127. The average molecular weight is 344 g/mol. The number of hydrogen-bond acceptors (Lipinski definition) is 2. The number of hydrogen-bond donors (Lipinski definition) is 0. The van der Waals surface area contributed by atoms with Crippen molar-refractivity contribution < 1.29 is 9.18 Å².